The van der Waals surface area contributed by atoms with Crippen LogP contribution in [0.1, 0.15) is 50.6 Å². The van der Waals surface area contributed by atoms with Gasteiger partial charge in [-0.2, -0.15) is 5.10 Å². The predicted octanol–water partition coefficient (Wildman–Crippen LogP) is 6.51. The first-order valence-corrected chi connectivity index (χ1v) is 11.9. The number of hydrogen-bond donors (Lipinski definition) is 1. The number of halogens is 1. The van der Waals surface area contributed by atoms with Crippen LogP contribution in [0.5, 0.6) is 0 Å². The molecule has 34 heavy (non-hydrogen) atoms. The SMILES string of the molecule is COC(=O)NC(CC1CCC2=CC3=C(CC=NN3c3ccc(F)cc3)CC21C)c1ccccc1. The molecule has 3 unspecified atom stereocenters. The number of carbonyl (C=O) groups is 1. The molecule has 0 spiro atoms. The van der Waals surface area contributed by atoms with Gasteiger partial charge in [-0.05, 0) is 78.5 Å². The first-order valence-electron chi connectivity index (χ1n) is 11.9. The van der Waals surface area contributed by atoms with E-state index in [1.807, 2.05) is 29.4 Å². The number of hydrogen-bond acceptors (Lipinski definition) is 4. The lowest BCUT2D eigenvalue weighted by Gasteiger charge is -2.41. The summed E-state index contributed by atoms with van der Waals surface area (Å²) in [5.74, 6) is 0.175. The van der Waals surface area contributed by atoms with E-state index in [0.29, 0.717) is 5.92 Å². The number of carbonyl (C=O) groups excluding carboxylic acids is 1. The average molecular weight is 460 g/mol. The lowest BCUT2D eigenvalue weighted by molar-refractivity contribution is 0.159. The standard InChI is InChI=1S/C28H30FN3O2/c1-28-18-20-14-15-30-32(24-12-10-23(29)11-13-24)26(20)17-22(28)9-8-21(28)16-25(31-27(33)34-2)19-6-4-3-5-7-19/h3-7,10-13,15,17,21,25H,8-9,14,16,18H2,1-2H3,(H,31,33). The molecule has 2 aromatic rings. The Balaban J connectivity index is 1.41. The van der Waals surface area contributed by atoms with Crippen molar-refractivity contribution in [3.05, 3.63) is 88.9 Å². The van der Waals surface area contributed by atoms with Crippen molar-refractivity contribution >= 4 is 18.0 Å². The van der Waals surface area contributed by atoms with Gasteiger partial charge in [0.25, 0.3) is 0 Å². The Labute approximate surface area is 200 Å². The molecule has 3 atom stereocenters. The first-order chi connectivity index (χ1) is 16.5. The van der Waals surface area contributed by atoms with E-state index >= 15 is 0 Å². The Morgan fingerprint density at radius 1 is 1.24 bits per heavy atom. The zero-order valence-electron chi connectivity index (χ0n) is 19.6. The predicted molar refractivity (Wildman–Crippen MR) is 132 cm³/mol. The Hall–Kier alpha value is -3.41. The molecule has 1 N–H and O–H groups in total. The fourth-order valence-corrected chi connectivity index (χ4v) is 5.79. The zero-order valence-corrected chi connectivity index (χ0v) is 19.6. The van der Waals surface area contributed by atoms with Crippen LogP contribution < -0.4 is 10.3 Å². The van der Waals surface area contributed by atoms with E-state index in [0.717, 1.165) is 49.1 Å². The van der Waals surface area contributed by atoms with Crippen LogP contribution in [0.25, 0.3) is 0 Å². The van der Waals surface area contributed by atoms with Gasteiger partial charge in [0.1, 0.15) is 5.82 Å². The number of nitrogens with zero attached hydrogens (tertiary/aromatic N) is 2. The Kier molecular flexibility index (Phi) is 5.98. The maximum absolute atomic E-state index is 13.5. The summed E-state index contributed by atoms with van der Waals surface area (Å²) in [5.41, 5.74) is 5.90. The highest BCUT2D eigenvalue weighted by Crippen LogP contribution is 2.57. The van der Waals surface area contributed by atoms with E-state index in [4.69, 9.17) is 4.74 Å². The average Bonchev–Trinajstić information content (AvgIpc) is 3.17. The Morgan fingerprint density at radius 2 is 2.00 bits per heavy atom. The van der Waals surface area contributed by atoms with Gasteiger partial charge in [-0.15, -0.1) is 0 Å². The van der Waals surface area contributed by atoms with Gasteiger partial charge in [-0.1, -0.05) is 42.8 Å². The van der Waals surface area contributed by atoms with E-state index in [2.05, 4.69) is 35.6 Å². The van der Waals surface area contributed by atoms with Gasteiger partial charge in [0.05, 0.1) is 24.5 Å². The zero-order chi connectivity index (χ0) is 23.7. The van der Waals surface area contributed by atoms with Gasteiger partial charge in [0, 0.05) is 12.6 Å². The third kappa shape index (κ3) is 4.13. The number of anilines is 1. The number of methoxy groups -OCH3 is 1. The molecule has 3 aliphatic rings. The molecule has 1 aliphatic heterocycles. The fourth-order valence-electron chi connectivity index (χ4n) is 5.79. The van der Waals surface area contributed by atoms with Crippen LogP contribution in [0, 0.1) is 17.2 Å². The minimum absolute atomic E-state index is 0.0311. The Bertz CT molecular complexity index is 1160. The number of hydrazone groups is 1. The number of ether oxygens (including phenoxy) is 1. The van der Waals surface area contributed by atoms with E-state index < -0.39 is 6.09 Å². The lowest BCUT2D eigenvalue weighted by atomic mass is 9.67. The monoisotopic (exact) mass is 459 g/mol. The quantitative estimate of drug-likeness (QED) is 0.555. The molecule has 6 heteroatoms. The van der Waals surface area contributed by atoms with Gasteiger partial charge in [-0.25, -0.2) is 14.2 Å². The number of rotatable bonds is 5. The van der Waals surface area contributed by atoms with Gasteiger partial charge < -0.3 is 10.1 Å². The van der Waals surface area contributed by atoms with Crippen molar-refractivity contribution in [3.63, 3.8) is 0 Å². The molecule has 0 aromatic heterocycles. The van der Waals surface area contributed by atoms with Crippen LogP contribution in [0.3, 0.4) is 0 Å². The normalized spacial score (nSPS) is 24.3. The molecule has 5 nitrogen and oxygen atoms in total. The molecule has 1 saturated carbocycles. The second-order valence-electron chi connectivity index (χ2n) is 9.61. The first kappa shape index (κ1) is 22.4. The van der Waals surface area contributed by atoms with Crippen molar-refractivity contribution in [2.45, 2.75) is 45.1 Å². The number of nitrogens with one attached hydrogen (secondary N) is 1. The van der Waals surface area contributed by atoms with E-state index in [1.54, 1.807) is 12.1 Å². The van der Waals surface area contributed by atoms with Gasteiger partial charge in [-0.3, -0.25) is 0 Å². The van der Waals surface area contributed by atoms with E-state index in [9.17, 15) is 9.18 Å². The summed E-state index contributed by atoms with van der Waals surface area (Å²) < 4.78 is 18.4. The summed E-state index contributed by atoms with van der Waals surface area (Å²) in [6.45, 7) is 2.37. The lowest BCUT2D eigenvalue weighted by Crippen LogP contribution is -2.35. The molecule has 2 aromatic carbocycles. The largest absolute Gasteiger partial charge is 0.453 e. The number of allylic oxidation sites excluding steroid dienone is 3. The van der Waals surface area contributed by atoms with Gasteiger partial charge in [0.15, 0.2) is 0 Å². The second kappa shape index (κ2) is 9.09. The van der Waals surface area contributed by atoms with E-state index in [-0.39, 0.29) is 17.3 Å². The van der Waals surface area contributed by atoms with Crippen molar-refractivity contribution in [3.8, 4) is 0 Å². The molecule has 5 rings (SSSR count). The Morgan fingerprint density at radius 3 is 2.74 bits per heavy atom. The fraction of sp³-hybridized carbons (Fsp3) is 0.357. The summed E-state index contributed by atoms with van der Waals surface area (Å²) in [6.07, 6.45) is 8.59. The molecular weight excluding hydrogens is 429 g/mol. The summed E-state index contributed by atoms with van der Waals surface area (Å²) >= 11 is 0. The summed E-state index contributed by atoms with van der Waals surface area (Å²) in [5, 5.41) is 9.62. The summed E-state index contributed by atoms with van der Waals surface area (Å²) in [4.78, 5) is 12.1. The number of fused-ring (bicyclic) bond motifs is 1. The van der Waals surface area contributed by atoms with Crippen LogP contribution in [0.15, 0.2) is 82.6 Å². The molecule has 0 radical (unpaired) electrons. The van der Waals surface area contributed by atoms with Crippen LogP contribution in [0.2, 0.25) is 0 Å². The van der Waals surface area contributed by atoms with Gasteiger partial charge in [0.2, 0.25) is 0 Å². The molecule has 0 saturated heterocycles. The number of amides is 1. The van der Waals surface area contributed by atoms with Gasteiger partial charge >= 0.3 is 6.09 Å². The molecule has 1 heterocycles. The van der Waals surface area contributed by atoms with Crippen LogP contribution >= 0.6 is 0 Å². The molecule has 1 fully saturated rings. The maximum atomic E-state index is 13.5. The summed E-state index contributed by atoms with van der Waals surface area (Å²) in [7, 11) is 1.40. The van der Waals surface area contributed by atoms with E-state index in [1.165, 1.54) is 30.4 Å². The molecular formula is C28H30FN3O2. The molecule has 1 amide bonds. The highest BCUT2D eigenvalue weighted by molar-refractivity contribution is 5.72. The minimum Gasteiger partial charge on any atom is -0.453 e. The van der Waals surface area contributed by atoms with Crippen LogP contribution in [-0.4, -0.2) is 19.4 Å². The van der Waals surface area contributed by atoms with Crippen LogP contribution in [-0.2, 0) is 4.74 Å². The third-order valence-corrected chi connectivity index (χ3v) is 7.68. The molecule has 176 valence electrons. The van der Waals surface area contributed by atoms with Crippen molar-refractivity contribution < 1.29 is 13.9 Å². The smallest absolute Gasteiger partial charge is 0.407 e. The van der Waals surface area contributed by atoms with Crippen LogP contribution in [0.4, 0.5) is 14.9 Å². The molecule has 2 aliphatic carbocycles. The third-order valence-electron chi connectivity index (χ3n) is 7.68. The van der Waals surface area contributed by atoms with Crippen molar-refractivity contribution in [2.75, 3.05) is 12.1 Å². The summed E-state index contributed by atoms with van der Waals surface area (Å²) in [6, 6.07) is 16.5. The molecule has 0 bridgehead atoms. The van der Waals surface area contributed by atoms with Crippen molar-refractivity contribution in [1.29, 1.82) is 0 Å². The minimum atomic E-state index is -0.403. The van der Waals surface area contributed by atoms with Crippen molar-refractivity contribution in [1.82, 2.24) is 5.32 Å². The highest BCUT2D eigenvalue weighted by Gasteiger charge is 2.46. The number of alkyl carbamates (subject to hydrolysis) is 1. The highest BCUT2D eigenvalue weighted by atomic mass is 19.1. The topological polar surface area (TPSA) is 53.9 Å². The second-order valence-corrected chi connectivity index (χ2v) is 9.61. The van der Waals surface area contributed by atoms with Crippen molar-refractivity contribution in [2.24, 2.45) is 16.4 Å². The number of benzene rings is 2. The maximum Gasteiger partial charge on any atom is 0.407 e.